The number of rotatable bonds is 7. The van der Waals surface area contributed by atoms with Gasteiger partial charge in [0, 0.05) is 18.4 Å². The minimum Gasteiger partial charge on any atom is -1.00 e. The lowest BCUT2D eigenvalue weighted by molar-refractivity contribution is -0.956. The first-order valence-electron chi connectivity index (χ1n) is 11.6. The van der Waals surface area contributed by atoms with Gasteiger partial charge in [-0.15, -0.1) is 0 Å². The van der Waals surface area contributed by atoms with Crippen LogP contribution in [0.3, 0.4) is 0 Å². The van der Waals surface area contributed by atoms with E-state index in [0.717, 1.165) is 49.1 Å². The summed E-state index contributed by atoms with van der Waals surface area (Å²) in [6.45, 7) is 3.68. The number of guanidine groups is 1. The SMILES string of the molecule is COc1cc(C[N+]23CCC(CC2)C(NC(=N)NC(=O)c2nc(Cl)c(N)nc2N)C3)cc(OC)c1OC.[Cl-]. The highest BCUT2D eigenvalue weighted by Gasteiger charge is 2.46. The number of halogens is 2. The van der Waals surface area contributed by atoms with Crippen LogP contribution in [0.2, 0.25) is 5.15 Å². The van der Waals surface area contributed by atoms with E-state index < -0.39 is 5.91 Å². The number of piperidine rings is 3. The van der Waals surface area contributed by atoms with Gasteiger partial charge in [0.1, 0.15) is 6.54 Å². The molecule has 2 bridgehead atoms. The molecular weight excluding hydrogens is 523 g/mol. The topological polar surface area (TPSA) is 170 Å². The normalized spacial score (nSPS) is 21.9. The Kier molecular flexibility index (Phi) is 8.77. The molecule has 1 aromatic carbocycles. The van der Waals surface area contributed by atoms with Crippen molar-refractivity contribution in [3.8, 4) is 17.2 Å². The van der Waals surface area contributed by atoms with E-state index in [0.29, 0.717) is 23.2 Å². The molecule has 3 fully saturated rings. The molecule has 37 heavy (non-hydrogen) atoms. The zero-order valence-electron chi connectivity index (χ0n) is 20.9. The first kappa shape index (κ1) is 28.4. The summed E-state index contributed by atoms with van der Waals surface area (Å²) in [4.78, 5) is 20.3. The van der Waals surface area contributed by atoms with E-state index in [-0.39, 0.29) is 46.9 Å². The molecular formula is C23H32Cl2N8O4. The van der Waals surface area contributed by atoms with Gasteiger partial charge in [0.25, 0.3) is 5.91 Å². The first-order valence-corrected chi connectivity index (χ1v) is 11.9. The van der Waals surface area contributed by atoms with Crippen molar-refractivity contribution >= 4 is 35.1 Å². The average molecular weight is 555 g/mol. The number of anilines is 2. The molecule has 0 radical (unpaired) electrons. The minimum atomic E-state index is -0.679. The molecule has 202 valence electrons. The molecule has 3 saturated heterocycles. The minimum absolute atomic E-state index is 0. The molecule has 1 unspecified atom stereocenters. The lowest BCUT2D eigenvalue weighted by Crippen LogP contribution is -3.00. The average Bonchev–Trinajstić information content (AvgIpc) is 2.85. The second-order valence-electron chi connectivity index (χ2n) is 9.21. The molecule has 0 aliphatic carbocycles. The van der Waals surface area contributed by atoms with Gasteiger partial charge in [-0.1, -0.05) is 11.6 Å². The molecule has 1 amide bonds. The molecule has 4 heterocycles. The first-order chi connectivity index (χ1) is 17.2. The van der Waals surface area contributed by atoms with Crippen LogP contribution in [0.5, 0.6) is 17.2 Å². The number of fused-ring (bicyclic) bond motifs is 3. The van der Waals surface area contributed by atoms with Crippen LogP contribution in [-0.4, -0.2) is 73.3 Å². The number of benzene rings is 1. The van der Waals surface area contributed by atoms with Crippen LogP contribution in [0.25, 0.3) is 0 Å². The molecule has 3 aliphatic heterocycles. The summed E-state index contributed by atoms with van der Waals surface area (Å²) in [5.74, 6) is 1.21. The summed E-state index contributed by atoms with van der Waals surface area (Å²) in [5, 5.41) is 13.9. The lowest BCUT2D eigenvalue weighted by Gasteiger charge is -2.53. The monoisotopic (exact) mass is 554 g/mol. The zero-order valence-corrected chi connectivity index (χ0v) is 22.4. The number of methoxy groups -OCH3 is 3. The molecule has 1 atom stereocenters. The van der Waals surface area contributed by atoms with Crippen molar-refractivity contribution in [3.05, 3.63) is 28.5 Å². The van der Waals surface area contributed by atoms with Gasteiger partial charge in [-0.3, -0.25) is 15.5 Å². The third-order valence-electron chi connectivity index (χ3n) is 7.03. The summed E-state index contributed by atoms with van der Waals surface area (Å²) in [6.07, 6.45) is 2.05. The fourth-order valence-corrected chi connectivity index (χ4v) is 5.42. The molecule has 3 aliphatic rings. The molecule has 14 heteroatoms. The standard InChI is InChI=1S/C23H31ClN8O4.ClH/c1-34-15-8-12(9-16(35-2)18(15)36-3)10-32-6-4-13(5-7-32)14(11-32)28-23(27)31-22(33)17-20(25)30-21(26)19(24)29-17;/h8-9,13-14H,4-7,10-11H2,1-3H3,(H6-,25,26,27,28,30,31,33);1H. The van der Waals surface area contributed by atoms with Gasteiger partial charge in [0.15, 0.2) is 39.9 Å². The Labute approximate surface area is 226 Å². The number of amides is 1. The number of nitrogens with one attached hydrogen (secondary N) is 3. The van der Waals surface area contributed by atoms with Gasteiger partial charge >= 0.3 is 0 Å². The number of nitrogens with zero attached hydrogens (tertiary/aromatic N) is 3. The van der Waals surface area contributed by atoms with Gasteiger partial charge in [-0.05, 0) is 18.1 Å². The fraction of sp³-hybridized carbons (Fsp3) is 0.478. The summed E-state index contributed by atoms with van der Waals surface area (Å²) in [7, 11) is 4.80. The van der Waals surface area contributed by atoms with Crippen molar-refractivity contribution in [1.29, 1.82) is 5.41 Å². The van der Waals surface area contributed by atoms with E-state index in [1.807, 2.05) is 12.1 Å². The third kappa shape index (κ3) is 5.86. The number of nitrogen functional groups attached to an aromatic ring is 2. The van der Waals surface area contributed by atoms with Gasteiger partial charge < -0.3 is 47.9 Å². The number of ether oxygens (including phenoxy) is 3. The maximum absolute atomic E-state index is 12.6. The molecule has 0 saturated carbocycles. The highest BCUT2D eigenvalue weighted by molar-refractivity contribution is 6.31. The quantitative estimate of drug-likeness (QED) is 0.153. The number of hydrogen-bond acceptors (Lipinski definition) is 9. The van der Waals surface area contributed by atoms with Gasteiger partial charge in [-0.2, -0.15) is 0 Å². The van der Waals surface area contributed by atoms with Gasteiger partial charge in [0.2, 0.25) is 5.75 Å². The Bertz CT molecular complexity index is 1150. The van der Waals surface area contributed by atoms with Crippen molar-refractivity contribution in [3.63, 3.8) is 0 Å². The summed E-state index contributed by atoms with van der Waals surface area (Å²) in [5.41, 5.74) is 12.2. The Morgan fingerprint density at radius 2 is 1.73 bits per heavy atom. The predicted molar refractivity (Wildman–Crippen MR) is 135 cm³/mol. The number of nitrogens with two attached hydrogens (primary N) is 2. The van der Waals surface area contributed by atoms with Crippen molar-refractivity contribution in [2.75, 3.05) is 52.4 Å². The Morgan fingerprint density at radius 3 is 2.30 bits per heavy atom. The Hall–Kier alpha value is -3.22. The Morgan fingerprint density at radius 1 is 1.11 bits per heavy atom. The summed E-state index contributed by atoms with van der Waals surface area (Å²) >= 11 is 5.87. The third-order valence-corrected chi connectivity index (χ3v) is 7.31. The molecule has 12 nitrogen and oxygen atoms in total. The summed E-state index contributed by atoms with van der Waals surface area (Å²) in [6, 6.07) is 4.01. The number of quaternary nitrogens is 1. The van der Waals surface area contributed by atoms with Crippen molar-refractivity contribution in [2.24, 2.45) is 5.92 Å². The van der Waals surface area contributed by atoms with E-state index in [4.69, 9.17) is 42.7 Å². The van der Waals surface area contributed by atoms with Crippen LogP contribution in [0.1, 0.15) is 28.9 Å². The molecule has 5 rings (SSSR count). The van der Waals surface area contributed by atoms with Crippen molar-refractivity contribution < 1.29 is 35.9 Å². The van der Waals surface area contributed by atoms with Crippen LogP contribution < -0.4 is 48.7 Å². The maximum Gasteiger partial charge on any atom is 0.280 e. The van der Waals surface area contributed by atoms with Crippen LogP contribution in [0.15, 0.2) is 12.1 Å². The van der Waals surface area contributed by atoms with E-state index in [9.17, 15) is 4.79 Å². The lowest BCUT2D eigenvalue weighted by atomic mass is 9.81. The predicted octanol–water partition coefficient (Wildman–Crippen LogP) is -1.61. The molecule has 0 spiro atoms. The second-order valence-corrected chi connectivity index (χ2v) is 9.57. The highest BCUT2D eigenvalue weighted by Crippen LogP contribution is 2.41. The van der Waals surface area contributed by atoms with Crippen molar-refractivity contribution in [1.82, 2.24) is 20.6 Å². The number of carbonyl (C=O) groups is 1. The van der Waals surface area contributed by atoms with E-state index >= 15 is 0 Å². The smallest absolute Gasteiger partial charge is 0.280 e. The fourth-order valence-electron chi connectivity index (χ4n) is 5.29. The number of carbonyl (C=O) groups excluding carboxylic acids is 1. The van der Waals surface area contributed by atoms with Gasteiger partial charge in [-0.25, -0.2) is 9.97 Å². The molecule has 1 aromatic heterocycles. The maximum atomic E-state index is 12.6. The highest BCUT2D eigenvalue weighted by atomic mass is 35.5. The van der Waals surface area contributed by atoms with Crippen LogP contribution in [-0.2, 0) is 6.54 Å². The van der Waals surface area contributed by atoms with E-state index in [1.54, 1.807) is 21.3 Å². The van der Waals surface area contributed by atoms with Crippen LogP contribution >= 0.6 is 11.6 Å². The van der Waals surface area contributed by atoms with Crippen molar-refractivity contribution in [2.45, 2.75) is 25.4 Å². The zero-order chi connectivity index (χ0) is 26.0. The molecule has 2 aromatic rings. The van der Waals surface area contributed by atoms with E-state index in [1.165, 1.54) is 0 Å². The van der Waals surface area contributed by atoms with Gasteiger partial charge in [0.05, 0.1) is 47.0 Å². The second kappa shape index (κ2) is 11.4. The number of hydrogen-bond donors (Lipinski definition) is 5. The van der Waals surface area contributed by atoms with E-state index in [2.05, 4.69) is 20.6 Å². The van der Waals surface area contributed by atoms with Crippen LogP contribution in [0.4, 0.5) is 11.6 Å². The Balaban J connectivity index is 0.00000380. The number of aromatic nitrogens is 2. The van der Waals surface area contributed by atoms with Crippen LogP contribution in [0, 0.1) is 11.3 Å². The largest absolute Gasteiger partial charge is 1.00 e. The summed E-state index contributed by atoms with van der Waals surface area (Å²) < 4.78 is 17.4. The molecule has 7 N–H and O–H groups in total.